The summed E-state index contributed by atoms with van der Waals surface area (Å²) in [6, 6.07) is 11.7. The van der Waals surface area contributed by atoms with E-state index in [2.05, 4.69) is 33.2 Å². The van der Waals surface area contributed by atoms with Crippen molar-refractivity contribution in [2.75, 3.05) is 13.2 Å². The summed E-state index contributed by atoms with van der Waals surface area (Å²) in [5, 5.41) is 13.2. The molecule has 0 saturated carbocycles. The number of nitrogens with zero attached hydrogens (tertiary/aromatic N) is 1. The van der Waals surface area contributed by atoms with Crippen molar-refractivity contribution in [3.8, 4) is 5.75 Å². The molecule has 21 heavy (non-hydrogen) atoms. The van der Waals surface area contributed by atoms with E-state index in [0.717, 1.165) is 15.8 Å². The van der Waals surface area contributed by atoms with E-state index in [1.807, 2.05) is 36.4 Å². The second-order valence-corrected chi connectivity index (χ2v) is 5.75. The molecule has 5 heteroatoms. The Morgan fingerprint density at radius 3 is 2.76 bits per heavy atom. The highest BCUT2D eigenvalue weighted by molar-refractivity contribution is 9.10. The maximum absolute atomic E-state index is 9.96. The molecule has 1 heterocycles. The normalized spacial score (nSPS) is 13.7. The molecule has 4 nitrogen and oxygen atoms in total. The lowest BCUT2D eigenvalue weighted by atomic mass is 10.1. The summed E-state index contributed by atoms with van der Waals surface area (Å²) in [5.74, 6) is 0.741. The number of hydrogen-bond donors (Lipinski definition) is 2. The third-order valence-electron chi connectivity index (χ3n) is 3.10. The zero-order valence-electron chi connectivity index (χ0n) is 11.9. The monoisotopic (exact) mass is 350 g/mol. The second kappa shape index (κ2) is 8.12. The molecule has 0 bridgehead atoms. The molecule has 0 aliphatic carbocycles. The molecule has 2 N–H and O–H groups in total. The van der Waals surface area contributed by atoms with Gasteiger partial charge < -0.3 is 15.2 Å². The summed E-state index contributed by atoms with van der Waals surface area (Å²) in [6.07, 6.45) is 2.97. The zero-order valence-corrected chi connectivity index (χ0v) is 13.5. The van der Waals surface area contributed by atoms with Crippen molar-refractivity contribution in [2.45, 2.75) is 19.1 Å². The lowest BCUT2D eigenvalue weighted by Gasteiger charge is -2.18. The van der Waals surface area contributed by atoms with Crippen LogP contribution in [0.15, 0.2) is 53.3 Å². The maximum atomic E-state index is 9.96. The molecule has 0 radical (unpaired) electrons. The van der Waals surface area contributed by atoms with Gasteiger partial charge in [0.25, 0.3) is 0 Å². The standard InChI is InChI=1S/C16H19BrN2O2/c1-12(13-5-7-18-8-6-13)19-10-15(20)11-21-16-4-2-3-14(17)9-16/h2-9,12,15,19-20H,10-11H2,1H3/t12-,15?/m0/s1. The van der Waals surface area contributed by atoms with Crippen LogP contribution in [-0.4, -0.2) is 29.3 Å². The van der Waals surface area contributed by atoms with Gasteiger partial charge in [-0.1, -0.05) is 22.0 Å². The molecule has 1 aromatic carbocycles. The third-order valence-corrected chi connectivity index (χ3v) is 3.60. The first kappa shape index (κ1) is 15.9. The molecule has 2 aromatic rings. The molecule has 0 aliphatic heterocycles. The van der Waals surface area contributed by atoms with Crippen molar-refractivity contribution in [3.63, 3.8) is 0 Å². The number of ether oxygens (including phenoxy) is 1. The van der Waals surface area contributed by atoms with Crippen LogP contribution in [0.3, 0.4) is 0 Å². The molecular weight excluding hydrogens is 332 g/mol. The molecule has 0 fully saturated rings. The predicted molar refractivity (Wildman–Crippen MR) is 86.3 cm³/mol. The molecule has 0 spiro atoms. The first-order chi connectivity index (χ1) is 10.1. The van der Waals surface area contributed by atoms with Gasteiger partial charge in [0, 0.05) is 29.5 Å². The van der Waals surface area contributed by atoms with Crippen LogP contribution < -0.4 is 10.1 Å². The Morgan fingerprint density at radius 2 is 2.05 bits per heavy atom. The average molecular weight is 351 g/mol. The number of pyridine rings is 1. The minimum Gasteiger partial charge on any atom is -0.491 e. The fraction of sp³-hybridized carbons (Fsp3) is 0.312. The molecule has 0 amide bonds. The molecule has 2 rings (SSSR count). The summed E-state index contributed by atoms with van der Waals surface area (Å²) >= 11 is 3.38. The van der Waals surface area contributed by atoms with Crippen molar-refractivity contribution >= 4 is 15.9 Å². The molecule has 1 aromatic heterocycles. The predicted octanol–water partition coefficient (Wildman–Crippen LogP) is 2.93. The van der Waals surface area contributed by atoms with Gasteiger partial charge in [-0.25, -0.2) is 0 Å². The highest BCUT2D eigenvalue weighted by Crippen LogP contribution is 2.17. The van der Waals surface area contributed by atoms with E-state index >= 15 is 0 Å². The number of aromatic nitrogens is 1. The number of halogens is 1. The number of benzene rings is 1. The van der Waals surface area contributed by atoms with Crippen LogP contribution in [0.5, 0.6) is 5.75 Å². The van der Waals surface area contributed by atoms with Gasteiger partial charge >= 0.3 is 0 Å². The van der Waals surface area contributed by atoms with E-state index in [9.17, 15) is 5.11 Å². The Morgan fingerprint density at radius 1 is 1.29 bits per heavy atom. The fourth-order valence-corrected chi connectivity index (χ4v) is 2.27. The summed E-state index contributed by atoms with van der Waals surface area (Å²) < 4.78 is 6.51. The second-order valence-electron chi connectivity index (χ2n) is 4.83. The van der Waals surface area contributed by atoms with Crippen LogP contribution in [0.1, 0.15) is 18.5 Å². The van der Waals surface area contributed by atoms with Crippen molar-refractivity contribution in [2.24, 2.45) is 0 Å². The molecule has 1 unspecified atom stereocenters. The highest BCUT2D eigenvalue weighted by Gasteiger charge is 2.09. The van der Waals surface area contributed by atoms with Crippen LogP contribution >= 0.6 is 15.9 Å². The number of aliphatic hydroxyl groups excluding tert-OH is 1. The van der Waals surface area contributed by atoms with Gasteiger partial charge in [-0.2, -0.15) is 0 Å². The minimum atomic E-state index is -0.562. The zero-order chi connectivity index (χ0) is 15.1. The van der Waals surface area contributed by atoms with Gasteiger partial charge in [0.05, 0.1) is 0 Å². The Hall–Kier alpha value is -1.43. The van der Waals surface area contributed by atoms with Crippen molar-refractivity contribution in [3.05, 3.63) is 58.8 Å². The molecule has 112 valence electrons. The summed E-state index contributed by atoms with van der Waals surface area (Å²) in [7, 11) is 0. The lowest BCUT2D eigenvalue weighted by molar-refractivity contribution is 0.104. The Kier molecular flexibility index (Phi) is 6.17. The first-order valence-electron chi connectivity index (χ1n) is 6.85. The topological polar surface area (TPSA) is 54.4 Å². The average Bonchev–Trinajstić information content (AvgIpc) is 2.51. The van der Waals surface area contributed by atoms with Gasteiger partial charge in [0.15, 0.2) is 0 Å². The minimum absolute atomic E-state index is 0.161. The van der Waals surface area contributed by atoms with Gasteiger partial charge in [0.1, 0.15) is 18.5 Å². The van der Waals surface area contributed by atoms with Gasteiger partial charge in [-0.3, -0.25) is 4.98 Å². The summed E-state index contributed by atoms with van der Waals surface area (Å²) in [4.78, 5) is 3.99. The lowest BCUT2D eigenvalue weighted by Crippen LogP contribution is -2.33. The van der Waals surface area contributed by atoms with Crippen LogP contribution in [0.2, 0.25) is 0 Å². The Bertz CT molecular complexity index is 551. The van der Waals surface area contributed by atoms with Gasteiger partial charge in [-0.15, -0.1) is 0 Å². The Balaban J connectivity index is 1.73. The largest absolute Gasteiger partial charge is 0.491 e. The van der Waals surface area contributed by atoms with E-state index in [4.69, 9.17) is 4.74 Å². The SMILES string of the molecule is C[C@H](NCC(O)COc1cccc(Br)c1)c1ccncc1. The van der Waals surface area contributed by atoms with Crippen LogP contribution in [0, 0.1) is 0 Å². The van der Waals surface area contributed by atoms with E-state index < -0.39 is 6.10 Å². The number of aliphatic hydroxyl groups is 1. The molecular formula is C16H19BrN2O2. The maximum Gasteiger partial charge on any atom is 0.120 e. The van der Waals surface area contributed by atoms with Crippen LogP contribution in [-0.2, 0) is 0 Å². The summed E-state index contributed by atoms with van der Waals surface area (Å²) in [6.45, 7) is 2.78. The fourth-order valence-electron chi connectivity index (χ4n) is 1.89. The summed E-state index contributed by atoms with van der Waals surface area (Å²) in [5.41, 5.74) is 1.14. The highest BCUT2D eigenvalue weighted by atomic mass is 79.9. The van der Waals surface area contributed by atoms with E-state index in [0.29, 0.717) is 6.54 Å². The third kappa shape index (κ3) is 5.46. The number of hydrogen-bond acceptors (Lipinski definition) is 4. The van der Waals surface area contributed by atoms with E-state index in [1.165, 1.54) is 0 Å². The quantitative estimate of drug-likeness (QED) is 0.805. The van der Waals surface area contributed by atoms with Gasteiger partial charge in [-0.05, 0) is 42.8 Å². The van der Waals surface area contributed by atoms with Crippen molar-refractivity contribution < 1.29 is 9.84 Å². The van der Waals surface area contributed by atoms with Crippen LogP contribution in [0.25, 0.3) is 0 Å². The van der Waals surface area contributed by atoms with Gasteiger partial charge in [0.2, 0.25) is 0 Å². The Labute approximate surface area is 133 Å². The first-order valence-corrected chi connectivity index (χ1v) is 7.64. The van der Waals surface area contributed by atoms with Crippen LogP contribution in [0.4, 0.5) is 0 Å². The van der Waals surface area contributed by atoms with Crippen molar-refractivity contribution in [1.82, 2.24) is 10.3 Å². The molecule has 0 saturated heterocycles. The molecule has 0 aliphatic rings. The molecule has 2 atom stereocenters. The number of rotatable bonds is 7. The smallest absolute Gasteiger partial charge is 0.120 e. The van der Waals surface area contributed by atoms with Crippen molar-refractivity contribution in [1.29, 1.82) is 0 Å². The van der Waals surface area contributed by atoms with E-state index in [-0.39, 0.29) is 12.6 Å². The number of nitrogens with one attached hydrogen (secondary N) is 1. The van der Waals surface area contributed by atoms with E-state index in [1.54, 1.807) is 12.4 Å².